The lowest BCUT2D eigenvalue weighted by Crippen LogP contribution is -2.63. The number of unbranched alkanes of at least 4 members (excludes halogenated alkanes) is 6. The molecule has 0 saturated carbocycles. The number of carbonyl (C=O) groups excluding carboxylic acids is 3. The minimum atomic E-state index is -1.49. The molecule has 2 heterocycles. The lowest BCUT2D eigenvalue weighted by atomic mass is 10.1. The Bertz CT molecular complexity index is 733. The molecule has 1 amide bonds. The number of carbonyl (C=O) groups is 3. The predicted molar refractivity (Wildman–Crippen MR) is 112 cm³/mol. The number of rotatable bonds is 14. The molecule has 2 aliphatic rings. The van der Waals surface area contributed by atoms with Crippen LogP contribution in [0, 0.1) is 0 Å². The molecule has 0 aromatic heterocycles. The Hall–Kier alpha value is -2.46. The van der Waals surface area contributed by atoms with Gasteiger partial charge < -0.3 is 19.6 Å². The number of nitrogens with zero attached hydrogens (tertiary/aromatic N) is 3. The Morgan fingerprint density at radius 2 is 1.77 bits per heavy atom. The maximum atomic E-state index is 11.9. The fraction of sp³-hybridized carbons (Fsp3) is 0.700. The van der Waals surface area contributed by atoms with Crippen LogP contribution in [0.1, 0.15) is 71.6 Å². The van der Waals surface area contributed by atoms with Crippen molar-refractivity contribution in [2.75, 3.05) is 6.61 Å². The smallest absolute Gasteiger partial charge is 0.308 e. The van der Waals surface area contributed by atoms with Gasteiger partial charge in [-0.25, -0.2) is 15.0 Å². The summed E-state index contributed by atoms with van der Waals surface area (Å²) in [5.41, 5.74) is 6.14. The molecule has 0 radical (unpaired) electrons. The molecule has 0 aromatic carbocycles. The number of fused-ring (bicyclic) bond motifs is 1. The number of amides is 1. The maximum Gasteiger partial charge on any atom is 0.308 e. The summed E-state index contributed by atoms with van der Waals surface area (Å²) in [6.07, 6.45) is 8.42. The van der Waals surface area contributed by atoms with Crippen LogP contribution < -0.4 is 11.1 Å². The fourth-order valence-electron chi connectivity index (χ4n) is 3.09. The van der Waals surface area contributed by atoms with E-state index in [4.69, 9.17) is 15.2 Å². The van der Waals surface area contributed by atoms with Crippen molar-refractivity contribution in [2.24, 2.45) is 20.7 Å². The molecule has 166 valence electrons. The zero-order valence-electron chi connectivity index (χ0n) is 17.7. The number of hydrogen-bond donors (Lipinski definition) is 2. The van der Waals surface area contributed by atoms with Gasteiger partial charge in [0.05, 0.1) is 0 Å². The summed E-state index contributed by atoms with van der Waals surface area (Å²) in [5.74, 6) is -1.90. The van der Waals surface area contributed by atoms with Gasteiger partial charge in [-0.1, -0.05) is 32.1 Å². The molecule has 0 aliphatic carbocycles. The highest BCUT2D eigenvalue weighted by molar-refractivity contribution is 6.69. The number of amidine groups is 1. The number of hydrogen-bond acceptors (Lipinski definition) is 9. The third-order valence-corrected chi connectivity index (χ3v) is 4.67. The molecule has 0 fully saturated rings. The number of nitrogens with one attached hydrogen (secondary N) is 1. The topological polar surface area (TPSA) is 145 Å². The number of ether oxygens (including phenoxy) is 2. The van der Waals surface area contributed by atoms with Crippen LogP contribution in [0.3, 0.4) is 0 Å². The summed E-state index contributed by atoms with van der Waals surface area (Å²) in [4.78, 5) is 46.6. The normalized spacial score (nSPS) is 20.8. The van der Waals surface area contributed by atoms with Gasteiger partial charge in [0, 0.05) is 12.8 Å². The Morgan fingerprint density at radius 1 is 1.13 bits per heavy atom. The molecular weight excluding hydrogens is 390 g/mol. The van der Waals surface area contributed by atoms with Gasteiger partial charge in [0.15, 0.2) is 17.8 Å². The van der Waals surface area contributed by atoms with Crippen LogP contribution in [0.5, 0.6) is 0 Å². The minimum absolute atomic E-state index is 0.117. The van der Waals surface area contributed by atoms with E-state index < -0.39 is 18.0 Å². The molecule has 2 aliphatic heterocycles. The summed E-state index contributed by atoms with van der Waals surface area (Å²) in [6.45, 7) is 3.03. The number of Topliss-reactive ketones (excluding diaryl/α,β-unsaturated/α-hetero) is 1. The van der Waals surface area contributed by atoms with Crippen molar-refractivity contribution >= 4 is 35.5 Å². The van der Waals surface area contributed by atoms with Crippen LogP contribution in [0.4, 0.5) is 0 Å². The highest BCUT2D eigenvalue weighted by Crippen LogP contribution is 2.13. The first-order valence-electron chi connectivity index (χ1n) is 10.4. The van der Waals surface area contributed by atoms with Crippen molar-refractivity contribution in [1.82, 2.24) is 5.32 Å². The molecule has 10 nitrogen and oxygen atoms in total. The second kappa shape index (κ2) is 11.7. The zero-order chi connectivity index (χ0) is 22.0. The summed E-state index contributed by atoms with van der Waals surface area (Å²) < 4.78 is 10.7. The molecule has 0 saturated heterocycles. The lowest BCUT2D eigenvalue weighted by molar-refractivity contribution is -0.178. The molecule has 2 rings (SSSR count). The van der Waals surface area contributed by atoms with Crippen LogP contribution in [0.2, 0.25) is 0 Å². The van der Waals surface area contributed by atoms with Crippen molar-refractivity contribution < 1.29 is 23.9 Å². The third kappa shape index (κ3) is 8.11. The van der Waals surface area contributed by atoms with E-state index in [9.17, 15) is 14.4 Å². The number of aliphatic imine (C=N–C) groups is 3. The Labute approximate surface area is 176 Å². The minimum Gasteiger partial charge on any atom is -0.436 e. The highest BCUT2D eigenvalue weighted by atomic mass is 16.7. The van der Waals surface area contributed by atoms with Crippen LogP contribution in [-0.4, -0.2) is 54.2 Å². The van der Waals surface area contributed by atoms with Crippen molar-refractivity contribution in [3.05, 3.63) is 0 Å². The standard InChI is InChI=1S/C20H31N5O5/c1-14(26)10-8-6-4-3-5-7-9-11-16(27)30-15(2)29-12-20(21)24-18-17(19(28)25-20)22-13-23-18/h13,15H,3-12,21H2,1-2H3,(H,25,28). The molecule has 0 bridgehead atoms. The van der Waals surface area contributed by atoms with E-state index in [1.54, 1.807) is 13.8 Å². The molecule has 10 heteroatoms. The van der Waals surface area contributed by atoms with Gasteiger partial charge >= 0.3 is 5.97 Å². The SMILES string of the molecule is CC(=O)CCCCCCCCCC(=O)OC(C)OCC1(N)N=C2N=CN=C2C(=O)N1. The molecular formula is C20H31N5O5. The fourth-order valence-corrected chi connectivity index (χ4v) is 3.09. The maximum absolute atomic E-state index is 11.9. The summed E-state index contributed by atoms with van der Waals surface area (Å²) in [6, 6.07) is 0. The zero-order valence-corrected chi connectivity index (χ0v) is 17.7. The van der Waals surface area contributed by atoms with Gasteiger partial charge in [0.25, 0.3) is 5.91 Å². The average Bonchev–Trinajstić information content (AvgIpc) is 3.13. The van der Waals surface area contributed by atoms with Crippen molar-refractivity contribution in [1.29, 1.82) is 0 Å². The summed E-state index contributed by atoms with van der Waals surface area (Å²) >= 11 is 0. The van der Waals surface area contributed by atoms with E-state index >= 15 is 0 Å². The molecule has 0 spiro atoms. The second-order valence-corrected chi connectivity index (χ2v) is 7.58. The first-order valence-corrected chi connectivity index (χ1v) is 10.4. The van der Waals surface area contributed by atoms with Crippen LogP contribution >= 0.6 is 0 Å². The van der Waals surface area contributed by atoms with Gasteiger partial charge in [-0.05, 0) is 26.7 Å². The van der Waals surface area contributed by atoms with Gasteiger partial charge in [-0.3, -0.25) is 15.3 Å². The van der Waals surface area contributed by atoms with E-state index in [0.29, 0.717) is 12.8 Å². The van der Waals surface area contributed by atoms with Crippen LogP contribution in [-0.2, 0) is 23.9 Å². The largest absolute Gasteiger partial charge is 0.436 e. The summed E-state index contributed by atoms with van der Waals surface area (Å²) in [7, 11) is 0. The number of ketones is 1. The van der Waals surface area contributed by atoms with Crippen molar-refractivity contribution in [2.45, 2.75) is 83.7 Å². The predicted octanol–water partition coefficient (Wildman–Crippen LogP) is 1.62. The van der Waals surface area contributed by atoms with E-state index in [2.05, 4.69) is 20.3 Å². The monoisotopic (exact) mass is 421 g/mol. The Morgan fingerprint density at radius 3 is 2.43 bits per heavy atom. The molecule has 3 N–H and O–H groups in total. The first-order chi connectivity index (χ1) is 14.3. The number of nitrogens with two attached hydrogens (primary N) is 1. The highest BCUT2D eigenvalue weighted by Gasteiger charge is 2.38. The van der Waals surface area contributed by atoms with Crippen molar-refractivity contribution in [3.8, 4) is 0 Å². The van der Waals surface area contributed by atoms with Gasteiger partial charge in [0.1, 0.15) is 18.7 Å². The van der Waals surface area contributed by atoms with Gasteiger partial charge in [0.2, 0.25) is 5.79 Å². The van der Waals surface area contributed by atoms with Crippen LogP contribution in [0.25, 0.3) is 0 Å². The Balaban J connectivity index is 1.55. The summed E-state index contributed by atoms with van der Waals surface area (Å²) in [5, 5.41) is 2.50. The lowest BCUT2D eigenvalue weighted by Gasteiger charge is -2.30. The van der Waals surface area contributed by atoms with Crippen molar-refractivity contribution in [3.63, 3.8) is 0 Å². The van der Waals surface area contributed by atoms with Gasteiger partial charge in [-0.2, -0.15) is 0 Å². The van der Waals surface area contributed by atoms with Gasteiger partial charge in [-0.15, -0.1) is 0 Å². The Kier molecular flexibility index (Phi) is 9.25. The van der Waals surface area contributed by atoms with E-state index in [0.717, 1.165) is 44.9 Å². The molecule has 2 atom stereocenters. The van der Waals surface area contributed by atoms with E-state index in [1.807, 2.05) is 0 Å². The quantitative estimate of drug-likeness (QED) is 0.248. The molecule has 30 heavy (non-hydrogen) atoms. The number of esters is 1. The van der Waals surface area contributed by atoms with Crippen LogP contribution in [0.15, 0.2) is 15.0 Å². The average molecular weight is 421 g/mol. The second-order valence-electron chi connectivity index (χ2n) is 7.58. The van der Waals surface area contributed by atoms with E-state index in [-0.39, 0.29) is 29.9 Å². The molecule has 0 aromatic rings. The molecule has 2 unspecified atom stereocenters. The van der Waals surface area contributed by atoms with E-state index in [1.165, 1.54) is 6.34 Å². The first kappa shape index (κ1) is 23.8. The third-order valence-electron chi connectivity index (χ3n) is 4.67.